The van der Waals surface area contributed by atoms with E-state index in [0.29, 0.717) is 44.5 Å². The Hall–Kier alpha value is -1.95. The van der Waals surface area contributed by atoms with Crippen molar-refractivity contribution in [2.24, 2.45) is 5.92 Å². The zero-order chi connectivity index (χ0) is 17.5. The minimum absolute atomic E-state index is 0.0988. The number of hydrogen-bond acceptors (Lipinski definition) is 3. The normalized spacial score (nSPS) is 16.6. The Morgan fingerprint density at radius 2 is 2.00 bits per heavy atom. The maximum Gasteiger partial charge on any atom is 0.323 e. The fraction of sp³-hybridized carbons (Fsp3) is 0.556. The number of benzene rings is 1. The van der Waals surface area contributed by atoms with Gasteiger partial charge in [-0.15, -0.1) is 0 Å². The summed E-state index contributed by atoms with van der Waals surface area (Å²) in [6.45, 7) is 2.56. The molecule has 1 aromatic rings. The molecular weight excluding hydrogens is 313 g/mol. The Labute approximate surface area is 141 Å². The van der Waals surface area contributed by atoms with Crippen LogP contribution in [0, 0.1) is 11.7 Å². The van der Waals surface area contributed by atoms with E-state index in [2.05, 4.69) is 0 Å². The first kappa shape index (κ1) is 18.4. The molecule has 1 aliphatic heterocycles. The van der Waals surface area contributed by atoms with Crippen LogP contribution in [-0.4, -0.2) is 47.7 Å². The minimum Gasteiger partial charge on any atom is -0.480 e. The summed E-state index contributed by atoms with van der Waals surface area (Å²) in [4.78, 5) is 25.3. The number of carboxylic acid groups (broad SMARTS) is 1. The van der Waals surface area contributed by atoms with Gasteiger partial charge in [0.2, 0.25) is 5.91 Å². The van der Waals surface area contributed by atoms with Crippen LogP contribution in [0.1, 0.15) is 31.7 Å². The Balaban J connectivity index is 1.99. The molecule has 1 heterocycles. The Bertz CT molecular complexity index is 572. The van der Waals surface area contributed by atoms with Crippen molar-refractivity contribution < 1.29 is 23.8 Å². The van der Waals surface area contributed by atoms with Crippen molar-refractivity contribution in [2.75, 3.05) is 19.8 Å². The average Bonchev–Trinajstić information content (AvgIpc) is 2.58. The molecule has 1 amide bonds. The molecule has 0 aromatic heterocycles. The summed E-state index contributed by atoms with van der Waals surface area (Å²) in [5.41, 5.74) is 0.577. The smallest absolute Gasteiger partial charge is 0.323 e. The lowest BCUT2D eigenvalue weighted by atomic mass is 9.97. The van der Waals surface area contributed by atoms with Gasteiger partial charge in [-0.25, -0.2) is 4.39 Å². The van der Waals surface area contributed by atoms with E-state index in [1.54, 1.807) is 25.1 Å². The van der Waals surface area contributed by atoms with Crippen molar-refractivity contribution in [3.05, 3.63) is 35.6 Å². The molecule has 0 radical (unpaired) electrons. The van der Waals surface area contributed by atoms with E-state index in [-0.39, 0.29) is 30.2 Å². The SMILES string of the molecule is C[C@H](CCc1ccccc1F)C(=O)N(CC(=O)O)C1CCOCC1. The van der Waals surface area contributed by atoms with Crippen molar-refractivity contribution in [3.63, 3.8) is 0 Å². The van der Waals surface area contributed by atoms with Crippen molar-refractivity contribution in [2.45, 2.75) is 38.6 Å². The van der Waals surface area contributed by atoms with Crippen molar-refractivity contribution in [1.82, 2.24) is 4.90 Å². The van der Waals surface area contributed by atoms with Gasteiger partial charge in [-0.2, -0.15) is 0 Å². The number of halogens is 1. The number of amides is 1. The van der Waals surface area contributed by atoms with E-state index < -0.39 is 5.97 Å². The van der Waals surface area contributed by atoms with Crippen LogP contribution in [0.25, 0.3) is 0 Å². The molecule has 1 N–H and O–H groups in total. The first-order valence-electron chi connectivity index (χ1n) is 8.32. The van der Waals surface area contributed by atoms with E-state index in [1.807, 2.05) is 0 Å². The van der Waals surface area contributed by atoms with Gasteiger partial charge in [0.1, 0.15) is 12.4 Å². The third kappa shape index (κ3) is 5.03. The van der Waals surface area contributed by atoms with Gasteiger partial charge < -0.3 is 14.7 Å². The van der Waals surface area contributed by atoms with Gasteiger partial charge in [0.25, 0.3) is 0 Å². The highest BCUT2D eigenvalue weighted by Crippen LogP contribution is 2.20. The van der Waals surface area contributed by atoms with Crippen LogP contribution in [0.4, 0.5) is 4.39 Å². The number of hydrogen-bond donors (Lipinski definition) is 1. The molecule has 24 heavy (non-hydrogen) atoms. The lowest BCUT2D eigenvalue weighted by Crippen LogP contribution is -2.48. The standard InChI is InChI=1S/C18H24FNO4/c1-13(6-7-14-4-2-3-5-16(14)19)18(23)20(12-17(21)22)15-8-10-24-11-9-15/h2-5,13,15H,6-12H2,1H3,(H,21,22)/t13-/m1/s1. The Morgan fingerprint density at radius 1 is 1.33 bits per heavy atom. The van der Waals surface area contributed by atoms with Crippen LogP contribution in [0.5, 0.6) is 0 Å². The molecule has 1 fully saturated rings. The first-order chi connectivity index (χ1) is 11.5. The highest BCUT2D eigenvalue weighted by atomic mass is 19.1. The molecule has 1 aromatic carbocycles. The summed E-state index contributed by atoms with van der Waals surface area (Å²) in [7, 11) is 0. The predicted molar refractivity (Wildman–Crippen MR) is 87.1 cm³/mol. The largest absolute Gasteiger partial charge is 0.480 e. The summed E-state index contributed by atoms with van der Waals surface area (Å²) < 4.78 is 19.0. The molecule has 1 saturated heterocycles. The topological polar surface area (TPSA) is 66.8 Å². The van der Waals surface area contributed by atoms with E-state index in [1.165, 1.54) is 11.0 Å². The summed E-state index contributed by atoms with van der Waals surface area (Å²) in [6.07, 6.45) is 2.24. The summed E-state index contributed by atoms with van der Waals surface area (Å²) in [6, 6.07) is 6.41. The quantitative estimate of drug-likeness (QED) is 0.830. The Kier molecular flexibility index (Phi) is 6.73. The van der Waals surface area contributed by atoms with Gasteiger partial charge in [-0.1, -0.05) is 25.1 Å². The number of rotatable bonds is 7. The fourth-order valence-corrected chi connectivity index (χ4v) is 3.01. The van der Waals surface area contributed by atoms with Crippen LogP contribution < -0.4 is 0 Å². The van der Waals surface area contributed by atoms with Gasteiger partial charge in [0.15, 0.2) is 0 Å². The highest BCUT2D eigenvalue weighted by molar-refractivity contribution is 5.83. The second-order valence-electron chi connectivity index (χ2n) is 6.23. The molecule has 6 heteroatoms. The second-order valence-corrected chi connectivity index (χ2v) is 6.23. The molecule has 1 aliphatic rings. The fourth-order valence-electron chi connectivity index (χ4n) is 3.01. The number of nitrogens with zero attached hydrogens (tertiary/aromatic N) is 1. The third-order valence-electron chi connectivity index (χ3n) is 4.45. The molecular formula is C18H24FNO4. The van der Waals surface area contributed by atoms with Gasteiger partial charge in [0.05, 0.1) is 0 Å². The van der Waals surface area contributed by atoms with Crippen molar-refractivity contribution in [1.29, 1.82) is 0 Å². The monoisotopic (exact) mass is 337 g/mol. The molecule has 0 spiro atoms. The zero-order valence-corrected chi connectivity index (χ0v) is 13.9. The third-order valence-corrected chi connectivity index (χ3v) is 4.45. The van der Waals surface area contributed by atoms with E-state index in [9.17, 15) is 14.0 Å². The molecule has 5 nitrogen and oxygen atoms in total. The van der Waals surface area contributed by atoms with Gasteiger partial charge in [-0.3, -0.25) is 9.59 Å². The summed E-state index contributed by atoms with van der Waals surface area (Å²) in [5, 5.41) is 9.11. The van der Waals surface area contributed by atoms with Crippen LogP contribution in [-0.2, 0) is 20.7 Å². The summed E-state index contributed by atoms with van der Waals surface area (Å²) >= 11 is 0. The lowest BCUT2D eigenvalue weighted by Gasteiger charge is -2.35. The number of aliphatic carboxylic acids is 1. The number of carboxylic acids is 1. The highest BCUT2D eigenvalue weighted by Gasteiger charge is 2.30. The molecule has 132 valence electrons. The number of aryl methyl sites for hydroxylation is 1. The van der Waals surface area contributed by atoms with Gasteiger partial charge in [0, 0.05) is 25.2 Å². The first-order valence-corrected chi connectivity index (χ1v) is 8.32. The maximum absolute atomic E-state index is 13.7. The van der Waals surface area contributed by atoms with Crippen LogP contribution >= 0.6 is 0 Å². The summed E-state index contributed by atoms with van der Waals surface area (Å²) in [5.74, 6) is -1.83. The molecule has 0 bridgehead atoms. The molecule has 1 atom stereocenters. The van der Waals surface area contributed by atoms with Crippen LogP contribution in [0.2, 0.25) is 0 Å². The van der Waals surface area contributed by atoms with Crippen LogP contribution in [0.15, 0.2) is 24.3 Å². The van der Waals surface area contributed by atoms with Crippen LogP contribution in [0.3, 0.4) is 0 Å². The number of carbonyl (C=O) groups excluding carboxylic acids is 1. The van der Waals surface area contributed by atoms with Crippen molar-refractivity contribution >= 4 is 11.9 Å². The van der Waals surface area contributed by atoms with E-state index >= 15 is 0 Å². The predicted octanol–water partition coefficient (Wildman–Crippen LogP) is 2.49. The van der Waals surface area contributed by atoms with E-state index in [0.717, 1.165) is 0 Å². The average molecular weight is 337 g/mol. The van der Waals surface area contributed by atoms with Gasteiger partial charge >= 0.3 is 5.97 Å². The number of ether oxygens (including phenoxy) is 1. The molecule has 0 aliphatic carbocycles. The van der Waals surface area contributed by atoms with Crippen molar-refractivity contribution in [3.8, 4) is 0 Å². The second kappa shape index (κ2) is 8.78. The number of carbonyl (C=O) groups is 2. The van der Waals surface area contributed by atoms with Gasteiger partial charge in [-0.05, 0) is 37.3 Å². The lowest BCUT2D eigenvalue weighted by molar-refractivity contribution is -0.149. The minimum atomic E-state index is -1.02. The molecule has 0 unspecified atom stereocenters. The maximum atomic E-state index is 13.7. The molecule has 2 rings (SSSR count). The van der Waals surface area contributed by atoms with E-state index in [4.69, 9.17) is 9.84 Å². The Morgan fingerprint density at radius 3 is 2.62 bits per heavy atom. The molecule has 0 saturated carbocycles. The zero-order valence-electron chi connectivity index (χ0n) is 13.9.